The van der Waals surface area contributed by atoms with Crippen molar-refractivity contribution in [2.75, 3.05) is 6.54 Å². The van der Waals surface area contributed by atoms with Crippen molar-refractivity contribution in [3.05, 3.63) is 0 Å². The minimum atomic E-state index is 0.106. The fourth-order valence-corrected chi connectivity index (χ4v) is 2.08. The molecule has 0 aliphatic heterocycles. The van der Waals surface area contributed by atoms with Crippen LogP contribution < -0.4 is 10.6 Å². The molecule has 1 aliphatic carbocycles. The van der Waals surface area contributed by atoms with Crippen LogP contribution in [-0.2, 0) is 4.79 Å². The van der Waals surface area contributed by atoms with Gasteiger partial charge in [0.1, 0.15) is 0 Å². The van der Waals surface area contributed by atoms with E-state index < -0.39 is 0 Å². The third kappa shape index (κ3) is 4.09. The van der Waals surface area contributed by atoms with Crippen molar-refractivity contribution in [1.29, 1.82) is 0 Å². The number of amides is 1. The fourth-order valence-electron chi connectivity index (χ4n) is 2.08. The van der Waals surface area contributed by atoms with Crippen LogP contribution >= 0.6 is 0 Å². The van der Waals surface area contributed by atoms with E-state index in [-0.39, 0.29) is 5.91 Å². The molecule has 82 valence electrons. The van der Waals surface area contributed by atoms with Crippen molar-refractivity contribution >= 4 is 5.91 Å². The number of rotatable bonds is 4. The van der Waals surface area contributed by atoms with Crippen molar-refractivity contribution in [1.82, 2.24) is 10.6 Å². The summed E-state index contributed by atoms with van der Waals surface area (Å²) in [6.07, 6.45) is 5.85. The van der Waals surface area contributed by atoms with E-state index in [0.29, 0.717) is 12.1 Å². The summed E-state index contributed by atoms with van der Waals surface area (Å²) >= 11 is 0. The summed E-state index contributed by atoms with van der Waals surface area (Å²) in [6.45, 7) is 4.91. The first kappa shape index (κ1) is 11.5. The maximum atomic E-state index is 10.8. The van der Waals surface area contributed by atoms with Crippen LogP contribution in [0.3, 0.4) is 0 Å². The van der Waals surface area contributed by atoms with Gasteiger partial charge in [-0.05, 0) is 38.6 Å². The van der Waals surface area contributed by atoms with Crippen LogP contribution in [0.5, 0.6) is 0 Å². The quantitative estimate of drug-likeness (QED) is 0.717. The molecule has 0 heterocycles. The number of hydrogen-bond donors (Lipinski definition) is 2. The zero-order valence-electron chi connectivity index (χ0n) is 9.31. The minimum absolute atomic E-state index is 0.106. The van der Waals surface area contributed by atoms with Gasteiger partial charge in [-0.15, -0.1) is 0 Å². The molecule has 0 aromatic carbocycles. The Bertz CT molecular complexity index is 174. The van der Waals surface area contributed by atoms with E-state index in [1.807, 2.05) is 0 Å². The smallest absolute Gasteiger partial charge is 0.217 e. The molecule has 0 spiro atoms. The molecule has 0 radical (unpaired) electrons. The highest BCUT2D eigenvalue weighted by Crippen LogP contribution is 2.18. The highest BCUT2D eigenvalue weighted by molar-refractivity contribution is 5.73. The number of carbonyl (C=O) groups excluding carboxylic acids is 1. The van der Waals surface area contributed by atoms with Crippen LogP contribution in [0.4, 0.5) is 0 Å². The van der Waals surface area contributed by atoms with Gasteiger partial charge in [0, 0.05) is 19.0 Å². The maximum Gasteiger partial charge on any atom is 0.217 e. The third-order valence-corrected chi connectivity index (χ3v) is 2.82. The number of nitrogens with one attached hydrogen (secondary N) is 2. The summed E-state index contributed by atoms with van der Waals surface area (Å²) in [5.74, 6) is 0.106. The topological polar surface area (TPSA) is 41.1 Å². The summed E-state index contributed by atoms with van der Waals surface area (Å²) in [6, 6.07) is 1.10. The highest BCUT2D eigenvalue weighted by Gasteiger charge is 2.20. The number of hydrogen-bond acceptors (Lipinski definition) is 2. The second kappa shape index (κ2) is 6.02. The van der Waals surface area contributed by atoms with Crippen LogP contribution in [0.1, 0.15) is 46.0 Å². The van der Waals surface area contributed by atoms with Gasteiger partial charge < -0.3 is 10.6 Å². The van der Waals surface area contributed by atoms with Crippen molar-refractivity contribution in [3.63, 3.8) is 0 Å². The second-order valence-electron chi connectivity index (χ2n) is 4.20. The van der Waals surface area contributed by atoms with Gasteiger partial charge in [-0.3, -0.25) is 4.79 Å². The molecule has 1 amide bonds. The second-order valence-corrected chi connectivity index (χ2v) is 4.20. The monoisotopic (exact) mass is 198 g/mol. The summed E-state index contributed by atoms with van der Waals surface area (Å²) in [4.78, 5) is 10.8. The van der Waals surface area contributed by atoms with E-state index in [0.717, 1.165) is 19.4 Å². The van der Waals surface area contributed by atoms with Gasteiger partial charge in [0.25, 0.3) is 0 Å². The summed E-state index contributed by atoms with van der Waals surface area (Å²) in [5, 5.41) is 6.52. The van der Waals surface area contributed by atoms with Crippen molar-refractivity contribution in [3.8, 4) is 0 Å². The third-order valence-electron chi connectivity index (χ3n) is 2.82. The molecular weight excluding hydrogens is 176 g/mol. The van der Waals surface area contributed by atoms with E-state index in [1.165, 1.54) is 19.3 Å². The van der Waals surface area contributed by atoms with Crippen LogP contribution in [0.2, 0.25) is 0 Å². The summed E-state index contributed by atoms with van der Waals surface area (Å²) < 4.78 is 0. The lowest BCUT2D eigenvalue weighted by atomic mass is 9.91. The average Bonchev–Trinajstić information content (AvgIpc) is 2.16. The van der Waals surface area contributed by atoms with Crippen molar-refractivity contribution < 1.29 is 4.79 Å². The average molecular weight is 198 g/mol. The first-order chi connectivity index (χ1) is 6.72. The molecule has 2 N–H and O–H groups in total. The Morgan fingerprint density at radius 3 is 2.29 bits per heavy atom. The Morgan fingerprint density at radius 2 is 1.79 bits per heavy atom. The Balaban J connectivity index is 2.14. The Hall–Kier alpha value is -0.570. The van der Waals surface area contributed by atoms with Crippen LogP contribution in [0.25, 0.3) is 0 Å². The molecule has 1 fully saturated rings. The van der Waals surface area contributed by atoms with Gasteiger partial charge in [-0.1, -0.05) is 6.92 Å². The van der Waals surface area contributed by atoms with Crippen LogP contribution in [0.15, 0.2) is 0 Å². The predicted molar refractivity (Wildman–Crippen MR) is 58.2 cm³/mol. The molecule has 1 rings (SSSR count). The van der Waals surface area contributed by atoms with Gasteiger partial charge >= 0.3 is 0 Å². The van der Waals surface area contributed by atoms with Crippen molar-refractivity contribution in [2.24, 2.45) is 0 Å². The molecule has 1 saturated carbocycles. The molecule has 1 aliphatic rings. The number of carbonyl (C=O) groups is 1. The predicted octanol–water partition coefficient (Wildman–Crippen LogP) is 1.43. The van der Waals surface area contributed by atoms with Crippen LogP contribution in [0, 0.1) is 0 Å². The van der Waals surface area contributed by atoms with E-state index in [1.54, 1.807) is 6.92 Å². The van der Waals surface area contributed by atoms with E-state index >= 15 is 0 Å². The SMILES string of the molecule is CCCNC1CCC(NC(C)=O)CC1. The van der Waals surface area contributed by atoms with Gasteiger partial charge in [0.15, 0.2) is 0 Å². The summed E-state index contributed by atoms with van der Waals surface area (Å²) in [7, 11) is 0. The lowest BCUT2D eigenvalue weighted by Gasteiger charge is -2.29. The van der Waals surface area contributed by atoms with E-state index in [4.69, 9.17) is 0 Å². The van der Waals surface area contributed by atoms with E-state index in [2.05, 4.69) is 17.6 Å². The standard InChI is InChI=1S/C11H22N2O/c1-3-8-12-10-4-6-11(7-5-10)13-9(2)14/h10-12H,3-8H2,1-2H3,(H,13,14). The van der Waals surface area contributed by atoms with E-state index in [9.17, 15) is 4.79 Å². The molecule has 0 atom stereocenters. The van der Waals surface area contributed by atoms with Crippen LogP contribution in [-0.4, -0.2) is 24.5 Å². The molecule has 3 nitrogen and oxygen atoms in total. The van der Waals surface area contributed by atoms with Crippen molar-refractivity contribution in [2.45, 2.75) is 58.0 Å². The lowest BCUT2D eigenvalue weighted by molar-refractivity contribution is -0.119. The largest absolute Gasteiger partial charge is 0.354 e. The lowest BCUT2D eigenvalue weighted by Crippen LogP contribution is -2.41. The Kier molecular flexibility index (Phi) is 4.94. The highest BCUT2D eigenvalue weighted by atomic mass is 16.1. The van der Waals surface area contributed by atoms with Gasteiger partial charge in [-0.25, -0.2) is 0 Å². The first-order valence-electron chi connectivity index (χ1n) is 5.73. The van der Waals surface area contributed by atoms with Gasteiger partial charge in [0.2, 0.25) is 5.91 Å². The molecule has 3 heteroatoms. The minimum Gasteiger partial charge on any atom is -0.354 e. The van der Waals surface area contributed by atoms with Gasteiger partial charge in [-0.2, -0.15) is 0 Å². The molecule has 0 aromatic rings. The fraction of sp³-hybridized carbons (Fsp3) is 0.909. The Labute approximate surface area is 86.6 Å². The molecule has 0 saturated heterocycles. The first-order valence-corrected chi connectivity index (χ1v) is 5.73. The molecule has 0 aromatic heterocycles. The Morgan fingerprint density at radius 1 is 1.21 bits per heavy atom. The molecule has 14 heavy (non-hydrogen) atoms. The molecule has 0 unspecified atom stereocenters. The zero-order valence-corrected chi connectivity index (χ0v) is 9.31. The van der Waals surface area contributed by atoms with Gasteiger partial charge in [0.05, 0.1) is 0 Å². The normalized spacial score (nSPS) is 27.3. The zero-order chi connectivity index (χ0) is 10.4. The molecular formula is C11H22N2O. The molecule has 0 bridgehead atoms. The maximum absolute atomic E-state index is 10.8. The summed E-state index contributed by atoms with van der Waals surface area (Å²) in [5.41, 5.74) is 0.